The smallest absolute Gasteiger partial charge is 0.291 e. The van der Waals surface area contributed by atoms with Crippen molar-refractivity contribution in [1.82, 2.24) is 4.57 Å². The molecule has 0 bridgehead atoms. The monoisotopic (exact) mass is 185 g/mol. The Hall–Kier alpha value is -1.45. The lowest BCUT2D eigenvalue weighted by molar-refractivity contribution is 0.0752. The van der Waals surface area contributed by atoms with Crippen molar-refractivity contribution in [3.05, 3.63) is 36.3 Å². The van der Waals surface area contributed by atoms with Gasteiger partial charge in [0.2, 0.25) is 0 Å². The molecular formula is C9H6F3N. The fourth-order valence-corrected chi connectivity index (χ4v) is 1.32. The van der Waals surface area contributed by atoms with E-state index in [1.165, 1.54) is 30.5 Å². The van der Waals surface area contributed by atoms with Gasteiger partial charge in [-0.25, -0.2) is 4.39 Å². The molecule has 68 valence electrons. The van der Waals surface area contributed by atoms with Crippen LogP contribution in [0.2, 0.25) is 0 Å². The van der Waals surface area contributed by atoms with Crippen molar-refractivity contribution >= 4 is 10.9 Å². The fraction of sp³-hybridized carbons (Fsp3) is 0.111. The first-order valence-electron chi connectivity index (χ1n) is 3.73. The highest BCUT2D eigenvalue weighted by atomic mass is 19.3. The van der Waals surface area contributed by atoms with E-state index in [0.717, 1.165) is 4.57 Å². The molecule has 0 aliphatic carbocycles. The summed E-state index contributed by atoms with van der Waals surface area (Å²) in [5.41, 5.74) is 0.218. The van der Waals surface area contributed by atoms with Crippen LogP contribution in [0.1, 0.15) is 6.55 Å². The summed E-state index contributed by atoms with van der Waals surface area (Å²) in [7, 11) is 0. The lowest BCUT2D eigenvalue weighted by Gasteiger charge is -2.02. The Morgan fingerprint density at radius 2 is 1.92 bits per heavy atom. The Balaban J connectivity index is 2.75. The second kappa shape index (κ2) is 2.80. The second-order valence-electron chi connectivity index (χ2n) is 2.67. The van der Waals surface area contributed by atoms with E-state index in [1.807, 2.05) is 0 Å². The van der Waals surface area contributed by atoms with Crippen LogP contribution < -0.4 is 0 Å². The molecular weight excluding hydrogens is 179 g/mol. The summed E-state index contributed by atoms with van der Waals surface area (Å²) in [5.74, 6) is -0.475. The number of fused-ring (bicyclic) bond motifs is 1. The van der Waals surface area contributed by atoms with Gasteiger partial charge in [0.05, 0.1) is 5.52 Å². The molecule has 0 atom stereocenters. The summed E-state index contributed by atoms with van der Waals surface area (Å²) >= 11 is 0. The third kappa shape index (κ3) is 1.18. The third-order valence-corrected chi connectivity index (χ3v) is 1.92. The Bertz CT molecular complexity index is 433. The molecule has 0 aliphatic heterocycles. The minimum atomic E-state index is -2.63. The van der Waals surface area contributed by atoms with Gasteiger partial charge in [-0.05, 0) is 18.2 Å². The van der Waals surface area contributed by atoms with Gasteiger partial charge in [-0.2, -0.15) is 8.78 Å². The number of nitrogens with zero attached hydrogens (tertiary/aromatic N) is 1. The zero-order chi connectivity index (χ0) is 9.42. The largest absolute Gasteiger partial charge is 0.319 e. The van der Waals surface area contributed by atoms with Crippen LogP contribution >= 0.6 is 0 Å². The summed E-state index contributed by atoms with van der Waals surface area (Å²) in [6.45, 7) is -2.63. The number of rotatable bonds is 1. The first kappa shape index (κ1) is 8.16. The van der Waals surface area contributed by atoms with Gasteiger partial charge >= 0.3 is 6.55 Å². The molecule has 0 amide bonds. The molecule has 0 fully saturated rings. The van der Waals surface area contributed by atoms with Crippen LogP contribution in [-0.4, -0.2) is 4.57 Å². The first-order valence-corrected chi connectivity index (χ1v) is 3.73. The first-order chi connectivity index (χ1) is 6.20. The molecule has 2 rings (SSSR count). The number of benzene rings is 1. The summed E-state index contributed by atoms with van der Waals surface area (Å²) in [6, 6.07) is 5.47. The molecule has 0 unspecified atom stereocenters. The van der Waals surface area contributed by atoms with E-state index in [1.54, 1.807) is 0 Å². The highest BCUT2D eigenvalue weighted by Crippen LogP contribution is 2.23. The van der Waals surface area contributed by atoms with Crippen LogP contribution in [0.15, 0.2) is 30.5 Å². The van der Waals surface area contributed by atoms with Crippen molar-refractivity contribution in [2.45, 2.75) is 6.55 Å². The molecule has 1 aromatic heterocycles. The van der Waals surface area contributed by atoms with Crippen LogP contribution in [0.5, 0.6) is 0 Å². The van der Waals surface area contributed by atoms with Crippen molar-refractivity contribution in [1.29, 1.82) is 0 Å². The summed E-state index contributed by atoms with van der Waals surface area (Å²) < 4.78 is 38.3. The van der Waals surface area contributed by atoms with E-state index >= 15 is 0 Å². The predicted octanol–water partition coefficient (Wildman–Crippen LogP) is 3.18. The van der Waals surface area contributed by atoms with Crippen LogP contribution in [-0.2, 0) is 0 Å². The molecule has 1 aromatic carbocycles. The second-order valence-corrected chi connectivity index (χ2v) is 2.67. The predicted molar refractivity (Wildman–Crippen MR) is 43.1 cm³/mol. The van der Waals surface area contributed by atoms with Gasteiger partial charge < -0.3 is 0 Å². The Labute approximate surface area is 72.4 Å². The van der Waals surface area contributed by atoms with Crippen molar-refractivity contribution in [2.24, 2.45) is 0 Å². The summed E-state index contributed by atoms with van der Waals surface area (Å²) in [4.78, 5) is 0. The molecule has 1 nitrogen and oxygen atoms in total. The van der Waals surface area contributed by atoms with E-state index in [2.05, 4.69) is 0 Å². The number of hydrogen-bond donors (Lipinski definition) is 0. The molecule has 2 aromatic rings. The molecule has 4 heteroatoms. The fourth-order valence-electron chi connectivity index (χ4n) is 1.32. The highest BCUT2D eigenvalue weighted by Gasteiger charge is 2.10. The van der Waals surface area contributed by atoms with Gasteiger partial charge in [0.25, 0.3) is 0 Å². The van der Waals surface area contributed by atoms with Crippen molar-refractivity contribution in [2.75, 3.05) is 0 Å². The number of aromatic nitrogens is 1. The normalized spacial score (nSPS) is 11.4. The Morgan fingerprint density at radius 1 is 1.15 bits per heavy atom. The lowest BCUT2D eigenvalue weighted by atomic mass is 10.2. The minimum Gasteiger partial charge on any atom is -0.291 e. The quantitative estimate of drug-likeness (QED) is 0.643. The zero-order valence-corrected chi connectivity index (χ0v) is 6.55. The molecule has 0 aliphatic rings. The van der Waals surface area contributed by atoms with Crippen molar-refractivity contribution in [3.63, 3.8) is 0 Å². The molecule has 0 N–H and O–H groups in total. The topological polar surface area (TPSA) is 4.93 Å². The maximum absolute atomic E-state index is 13.0. The third-order valence-electron chi connectivity index (χ3n) is 1.92. The highest BCUT2D eigenvalue weighted by molar-refractivity contribution is 5.80. The molecule has 1 heterocycles. The lowest BCUT2D eigenvalue weighted by Crippen LogP contribution is -1.94. The molecule has 0 radical (unpaired) electrons. The van der Waals surface area contributed by atoms with E-state index in [9.17, 15) is 13.2 Å². The molecule has 0 spiro atoms. The molecule has 0 saturated heterocycles. The Morgan fingerprint density at radius 3 is 2.62 bits per heavy atom. The SMILES string of the molecule is Fc1cccc2c1ccn2C(F)F. The van der Waals surface area contributed by atoms with Crippen LogP contribution in [0.3, 0.4) is 0 Å². The average molecular weight is 185 g/mol. The van der Waals surface area contributed by atoms with E-state index in [0.29, 0.717) is 0 Å². The summed E-state index contributed by atoms with van der Waals surface area (Å²) in [6.07, 6.45) is 1.18. The van der Waals surface area contributed by atoms with Gasteiger partial charge in [0, 0.05) is 11.6 Å². The van der Waals surface area contributed by atoms with Gasteiger partial charge in [-0.15, -0.1) is 0 Å². The number of alkyl halides is 2. The van der Waals surface area contributed by atoms with Gasteiger partial charge in [-0.1, -0.05) is 6.07 Å². The maximum atomic E-state index is 13.0. The average Bonchev–Trinajstić information content (AvgIpc) is 2.48. The van der Waals surface area contributed by atoms with E-state index < -0.39 is 12.4 Å². The van der Waals surface area contributed by atoms with Crippen molar-refractivity contribution in [3.8, 4) is 0 Å². The van der Waals surface area contributed by atoms with Crippen LogP contribution in [0, 0.1) is 5.82 Å². The molecule has 0 saturated carbocycles. The van der Waals surface area contributed by atoms with Crippen LogP contribution in [0.4, 0.5) is 13.2 Å². The molecule has 13 heavy (non-hydrogen) atoms. The minimum absolute atomic E-state index is 0.218. The Kier molecular flexibility index (Phi) is 1.76. The zero-order valence-electron chi connectivity index (χ0n) is 6.55. The van der Waals surface area contributed by atoms with E-state index in [4.69, 9.17) is 0 Å². The standard InChI is InChI=1S/C9H6F3N/c10-7-2-1-3-8-6(7)4-5-13(8)9(11)12/h1-5,9H. The van der Waals surface area contributed by atoms with Crippen LogP contribution in [0.25, 0.3) is 10.9 Å². The number of hydrogen-bond acceptors (Lipinski definition) is 0. The van der Waals surface area contributed by atoms with Gasteiger partial charge in [0.15, 0.2) is 0 Å². The van der Waals surface area contributed by atoms with Crippen molar-refractivity contribution < 1.29 is 13.2 Å². The van der Waals surface area contributed by atoms with Gasteiger partial charge in [-0.3, -0.25) is 4.57 Å². The maximum Gasteiger partial charge on any atom is 0.319 e. The van der Waals surface area contributed by atoms with E-state index in [-0.39, 0.29) is 10.9 Å². The van der Waals surface area contributed by atoms with Gasteiger partial charge in [0.1, 0.15) is 5.82 Å². The number of halogens is 3. The summed E-state index contributed by atoms with van der Waals surface area (Å²) in [5, 5.41) is 0.225.